The van der Waals surface area contributed by atoms with Crippen molar-refractivity contribution in [3.8, 4) is 0 Å². The maximum absolute atomic E-state index is 12.4. The molecule has 0 bridgehead atoms. The third kappa shape index (κ3) is 3.61. The molecule has 1 aromatic heterocycles. The Labute approximate surface area is 120 Å². The van der Waals surface area contributed by atoms with Gasteiger partial charge in [-0.2, -0.15) is 13.2 Å². The van der Waals surface area contributed by atoms with Crippen LogP contribution < -0.4 is 5.32 Å². The Morgan fingerprint density at radius 2 is 1.79 bits per heavy atom. The summed E-state index contributed by atoms with van der Waals surface area (Å²) in [5.41, 5.74) is -0.224. The summed E-state index contributed by atoms with van der Waals surface area (Å²) < 4.78 is 37.9. The Morgan fingerprint density at radius 3 is 2.32 bits per heavy atom. The van der Waals surface area contributed by atoms with E-state index in [1.165, 1.54) is 18.3 Å². The fourth-order valence-corrected chi connectivity index (χ4v) is 2.06. The number of nitrogens with zero attached hydrogens (tertiary/aromatic N) is 1. The molecule has 0 fully saturated rings. The van der Waals surface area contributed by atoms with Crippen LogP contribution in [0.1, 0.15) is 5.56 Å². The van der Waals surface area contributed by atoms with E-state index in [4.69, 9.17) is 11.6 Å². The molecule has 2 rings (SSSR count). The highest BCUT2D eigenvalue weighted by molar-refractivity contribution is 9.10. The minimum atomic E-state index is -4.34. The lowest BCUT2D eigenvalue weighted by Crippen LogP contribution is -2.04. The summed E-state index contributed by atoms with van der Waals surface area (Å²) in [6.07, 6.45) is -2.80. The molecule has 2 aromatic rings. The number of aromatic nitrogens is 1. The summed E-state index contributed by atoms with van der Waals surface area (Å²) >= 11 is 9.16. The normalized spacial score (nSPS) is 11.4. The van der Waals surface area contributed by atoms with Crippen LogP contribution in [0, 0.1) is 0 Å². The molecule has 0 radical (unpaired) electrons. The van der Waals surface area contributed by atoms with Crippen LogP contribution >= 0.6 is 27.5 Å². The third-order valence-corrected chi connectivity index (χ3v) is 3.00. The van der Waals surface area contributed by atoms with Gasteiger partial charge in [0.25, 0.3) is 0 Å². The Hall–Kier alpha value is -1.27. The lowest BCUT2D eigenvalue weighted by molar-refractivity contribution is -0.137. The van der Waals surface area contributed by atoms with Crippen LogP contribution in [-0.4, -0.2) is 4.98 Å². The molecule has 0 saturated heterocycles. The molecular formula is C12H7BrClF3N2. The van der Waals surface area contributed by atoms with Crippen LogP contribution in [0.4, 0.5) is 24.7 Å². The summed E-state index contributed by atoms with van der Waals surface area (Å²) in [5, 5.41) is 3.22. The predicted octanol–water partition coefficient (Wildman–Crippen LogP) is 5.26. The third-order valence-electron chi connectivity index (χ3n) is 2.28. The quantitative estimate of drug-likeness (QED) is 0.798. The van der Waals surface area contributed by atoms with Crippen molar-refractivity contribution in [2.75, 3.05) is 5.32 Å². The van der Waals surface area contributed by atoms with Gasteiger partial charge in [0.15, 0.2) is 0 Å². The van der Waals surface area contributed by atoms with Crippen LogP contribution in [-0.2, 0) is 6.18 Å². The second-order valence-electron chi connectivity index (χ2n) is 3.68. The van der Waals surface area contributed by atoms with Crippen molar-refractivity contribution in [3.05, 3.63) is 51.6 Å². The zero-order chi connectivity index (χ0) is 14.0. The highest BCUT2D eigenvalue weighted by atomic mass is 79.9. The number of hydrogen-bond donors (Lipinski definition) is 1. The SMILES string of the molecule is FC(F)(F)c1ccc(Nc2ncc(Br)cc2Cl)cc1. The standard InChI is InChI=1S/C12H7BrClF3N2/c13-8-5-10(14)11(18-6-8)19-9-3-1-7(2-4-9)12(15,16)17/h1-6H,(H,18,19). The van der Waals surface area contributed by atoms with Gasteiger partial charge in [-0.25, -0.2) is 4.98 Å². The molecule has 0 saturated carbocycles. The number of halogens is 5. The van der Waals surface area contributed by atoms with E-state index in [1.807, 2.05) is 0 Å². The first-order valence-electron chi connectivity index (χ1n) is 5.11. The maximum atomic E-state index is 12.4. The smallest absolute Gasteiger partial charge is 0.339 e. The molecule has 0 amide bonds. The Kier molecular flexibility index (Phi) is 4.01. The molecule has 2 nitrogen and oxygen atoms in total. The molecule has 19 heavy (non-hydrogen) atoms. The fourth-order valence-electron chi connectivity index (χ4n) is 1.39. The Balaban J connectivity index is 2.20. The Bertz CT molecular complexity index is 585. The highest BCUT2D eigenvalue weighted by Crippen LogP contribution is 2.31. The van der Waals surface area contributed by atoms with Crippen molar-refractivity contribution in [2.24, 2.45) is 0 Å². The first-order chi connectivity index (χ1) is 8.86. The molecule has 1 N–H and O–H groups in total. The van der Waals surface area contributed by atoms with E-state index in [-0.39, 0.29) is 0 Å². The predicted molar refractivity (Wildman–Crippen MR) is 71.7 cm³/mol. The Morgan fingerprint density at radius 1 is 1.16 bits per heavy atom. The minimum absolute atomic E-state index is 0.370. The van der Waals surface area contributed by atoms with E-state index in [9.17, 15) is 13.2 Å². The van der Waals surface area contributed by atoms with Gasteiger partial charge in [0.05, 0.1) is 10.6 Å². The lowest BCUT2D eigenvalue weighted by Gasteiger charge is -2.10. The molecule has 0 aliphatic rings. The lowest BCUT2D eigenvalue weighted by atomic mass is 10.2. The molecular weight excluding hydrogens is 344 g/mol. The van der Waals surface area contributed by atoms with Gasteiger partial charge in [0, 0.05) is 16.4 Å². The van der Waals surface area contributed by atoms with Crippen molar-refractivity contribution in [3.63, 3.8) is 0 Å². The van der Waals surface area contributed by atoms with Crippen molar-refractivity contribution in [2.45, 2.75) is 6.18 Å². The monoisotopic (exact) mass is 350 g/mol. The van der Waals surface area contributed by atoms with Crippen molar-refractivity contribution >= 4 is 39.0 Å². The number of hydrogen-bond acceptors (Lipinski definition) is 2. The van der Waals surface area contributed by atoms with Gasteiger partial charge in [-0.3, -0.25) is 0 Å². The zero-order valence-corrected chi connectivity index (χ0v) is 11.6. The van der Waals surface area contributed by atoms with Gasteiger partial charge in [-0.1, -0.05) is 11.6 Å². The summed E-state index contributed by atoms with van der Waals surface area (Å²) in [6, 6.07) is 6.27. The largest absolute Gasteiger partial charge is 0.416 e. The average Bonchev–Trinajstić information content (AvgIpc) is 2.32. The van der Waals surface area contributed by atoms with E-state index in [0.29, 0.717) is 16.5 Å². The van der Waals surface area contributed by atoms with E-state index in [2.05, 4.69) is 26.2 Å². The second kappa shape index (κ2) is 5.38. The molecule has 0 aliphatic carbocycles. The van der Waals surface area contributed by atoms with E-state index < -0.39 is 11.7 Å². The first-order valence-corrected chi connectivity index (χ1v) is 6.29. The number of rotatable bonds is 2. The second-order valence-corrected chi connectivity index (χ2v) is 5.01. The van der Waals surface area contributed by atoms with E-state index >= 15 is 0 Å². The van der Waals surface area contributed by atoms with E-state index in [0.717, 1.165) is 16.6 Å². The fraction of sp³-hybridized carbons (Fsp3) is 0.0833. The van der Waals surface area contributed by atoms with Crippen LogP contribution in [0.15, 0.2) is 41.0 Å². The molecule has 0 atom stereocenters. The van der Waals surface area contributed by atoms with Crippen LogP contribution in [0.5, 0.6) is 0 Å². The minimum Gasteiger partial charge on any atom is -0.339 e. The number of alkyl halides is 3. The summed E-state index contributed by atoms with van der Waals surface area (Å²) in [4.78, 5) is 4.03. The van der Waals surface area contributed by atoms with Gasteiger partial charge >= 0.3 is 6.18 Å². The van der Waals surface area contributed by atoms with E-state index in [1.54, 1.807) is 6.07 Å². The average molecular weight is 352 g/mol. The van der Waals surface area contributed by atoms with Crippen LogP contribution in [0.2, 0.25) is 5.02 Å². The molecule has 7 heteroatoms. The summed E-state index contributed by atoms with van der Waals surface area (Å²) in [6.45, 7) is 0. The number of pyridine rings is 1. The van der Waals surface area contributed by atoms with Crippen LogP contribution in [0.3, 0.4) is 0 Å². The van der Waals surface area contributed by atoms with Crippen LogP contribution in [0.25, 0.3) is 0 Å². The maximum Gasteiger partial charge on any atom is 0.416 e. The van der Waals surface area contributed by atoms with Crippen molar-refractivity contribution in [1.82, 2.24) is 4.98 Å². The molecule has 0 unspecified atom stereocenters. The first kappa shape index (κ1) is 14.1. The molecule has 0 spiro atoms. The van der Waals surface area contributed by atoms with Gasteiger partial charge in [-0.15, -0.1) is 0 Å². The number of anilines is 2. The number of nitrogens with one attached hydrogen (secondary N) is 1. The van der Waals surface area contributed by atoms with Gasteiger partial charge in [0.1, 0.15) is 5.82 Å². The topological polar surface area (TPSA) is 24.9 Å². The molecule has 0 aliphatic heterocycles. The molecule has 100 valence electrons. The van der Waals surface area contributed by atoms with Gasteiger partial charge in [0.2, 0.25) is 0 Å². The van der Waals surface area contributed by atoms with Gasteiger partial charge < -0.3 is 5.32 Å². The van der Waals surface area contributed by atoms with Crippen molar-refractivity contribution in [1.29, 1.82) is 0 Å². The summed E-state index contributed by atoms with van der Waals surface area (Å²) in [5.74, 6) is 0.379. The highest BCUT2D eigenvalue weighted by Gasteiger charge is 2.29. The van der Waals surface area contributed by atoms with Crippen molar-refractivity contribution < 1.29 is 13.2 Å². The summed E-state index contributed by atoms with van der Waals surface area (Å²) in [7, 11) is 0. The molecule has 1 heterocycles. The van der Waals surface area contributed by atoms with Gasteiger partial charge in [-0.05, 0) is 46.3 Å². The zero-order valence-electron chi connectivity index (χ0n) is 9.30. The number of benzene rings is 1. The molecule has 1 aromatic carbocycles.